The average molecular weight is 306 g/mol. The van der Waals surface area contributed by atoms with Crippen LogP contribution in [-0.4, -0.2) is 78.8 Å². The van der Waals surface area contributed by atoms with Crippen LogP contribution >= 0.6 is 0 Å². The first-order valence-corrected chi connectivity index (χ1v) is 7.88. The lowest BCUT2D eigenvalue weighted by Gasteiger charge is -2.35. The van der Waals surface area contributed by atoms with Crippen LogP contribution < -0.4 is 0 Å². The maximum absolute atomic E-state index is 12.1. The summed E-state index contributed by atoms with van der Waals surface area (Å²) in [5.41, 5.74) is 0. The number of carbonyl (C=O) groups is 3. The van der Waals surface area contributed by atoms with Gasteiger partial charge in [-0.25, -0.2) is 8.42 Å². The van der Waals surface area contributed by atoms with Gasteiger partial charge in [-0.3, -0.25) is 14.4 Å². The number of sulfone groups is 1. The molecule has 0 spiro atoms. The van der Waals surface area contributed by atoms with Crippen molar-refractivity contribution in [2.24, 2.45) is 0 Å². The summed E-state index contributed by atoms with van der Waals surface area (Å²) in [7, 11) is -1.88. The summed E-state index contributed by atoms with van der Waals surface area (Å²) in [5, 5.41) is 8.81. The van der Waals surface area contributed by atoms with Gasteiger partial charge in [0, 0.05) is 20.5 Å². The van der Waals surface area contributed by atoms with E-state index in [2.05, 4.69) is 0 Å². The van der Waals surface area contributed by atoms with Crippen molar-refractivity contribution in [2.75, 3.05) is 31.6 Å². The molecule has 0 radical (unpaired) electrons. The van der Waals surface area contributed by atoms with Crippen molar-refractivity contribution in [2.45, 2.75) is 19.4 Å². The maximum atomic E-state index is 12.1. The van der Waals surface area contributed by atoms with Crippen molar-refractivity contribution in [3.05, 3.63) is 0 Å². The van der Waals surface area contributed by atoms with Crippen LogP contribution in [0.1, 0.15) is 13.3 Å². The fourth-order valence-electron chi connectivity index (χ4n) is 1.99. The molecule has 1 atom stereocenters. The Hall–Kier alpha value is -1.64. The average Bonchev–Trinajstić information content (AvgIpc) is 2.26. The molecule has 2 amide bonds. The fourth-order valence-corrected chi connectivity index (χ4v) is 3.52. The molecule has 0 bridgehead atoms. The number of carbonyl (C=O) groups excluding carboxylic acids is 2. The van der Waals surface area contributed by atoms with Gasteiger partial charge < -0.3 is 14.9 Å². The molecule has 1 saturated heterocycles. The number of carboxylic acids is 1. The first kappa shape index (κ1) is 16.4. The van der Waals surface area contributed by atoms with Crippen LogP contribution in [0.25, 0.3) is 0 Å². The summed E-state index contributed by atoms with van der Waals surface area (Å²) < 4.78 is 23.1. The van der Waals surface area contributed by atoms with Gasteiger partial charge in [-0.2, -0.15) is 0 Å². The SMILES string of the molecule is CC(=O)N(C)CC(=O)N1CCS(=O)(=O)CC1CC(=O)O. The summed E-state index contributed by atoms with van der Waals surface area (Å²) in [5.74, 6) is -2.43. The highest BCUT2D eigenvalue weighted by Crippen LogP contribution is 2.15. The van der Waals surface area contributed by atoms with Crippen LogP contribution in [0.2, 0.25) is 0 Å². The molecule has 9 heteroatoms. The van der Waals surface area contributed by atoms with E-state index in [-0.39, 0.29) is 30.5 Å². The Morgan fingerprint density at radius 2 is 1.95 bits per heavy atom. The second kappa shape index (κ2) is 6.21. The molecule has 0 aromatic carbocycles. The van der Waals surface area contributed by atoms with Crippen molar-refractivity contribution < 1.29 is 27.9 Å². The number of hydrogen-bond donors (Lipinski definition) is 1. The lowest BCUT2D eigenvalue weighted by molar-refractivity contribution is -0.143. The minimum atomic E-state index is -3.33. The van der Waals surface area contributed by atoms with Gasteiger partial charge in [-0.15, -0.1) is 0 Å². The van der Waals surface area contributed by atoms with E-state index in [1.165, 1.54) is 23.8 Å². The largest absolute Gasteiger partial charge is 0.481 e. The molecule has 0 aliphatic carbocycles. The lowest BCUT2D eigenvalue weighted by Crippen LogP contribution is -2.54. The highest BCUT2D eigenvalue weighted by atomic mass is 32.2. The zero-order valence-electron chi connectivity index (χ0n) is 11.4. The lowest BCUT2D eigenvalue weighted by atomic mass is 10.2. The molecule has 1 heterocycles. The Morgan fingerprint density at radius 1 is 1.35 bits per heavy atom. The quantitative estimate of drug-likeness (QED) is 0.681. The minimum Gasteiger partial charge on any atom is -0.481 e. The molecule has 0 aromatic heterocycles. The summed E-state index contributed by atoms with van der Waals surface area (Å²) in [4.78, 5) is 36.4. The van der Waals surface area contributed by atoms with Crippen molar-refractivity contribution in [1.82, 2.24) is 9.80 Å². The highest BCUT2D eigenvalue weighted by molar-refractivity contribution is 7.91. The van der Waals surface area contributed by atoms with Crippen molar-refractivity contribution in [3.8, 4) is 0 Å². The van der Waals surface area contributed by atoms with Gasteiger partial charge in [-0.05, 0) is 0 Å². The van der Waals surface area contributed by atoms with E-state index in [0.717, 1.165) is 0 Å². The molecule has 0 saturated carbocycles. The van der Waals surface area contributed by atoms with E-state index in [0.29, 0.717) is 0 Å². The molecule has 0 aromatic rings. The number of carboxylic acid groups (broad SMARTS) is 1. The molecule has 1 fully saturated rings. The summed E-state index contributed by atoms with van der Waals surface area (Å²) in [6.07, 6.45) is -0.422. The van der Waals surface area contributed by atoms with Gasteiger partial charge in [0.25, 0.3) is 0 Å². The third kappa shape index (κ3) is 4.48. The van der Waals surface area contributed by atoms with Crippen LogP contribution in [0, 0.1) is 0 Å². The number of likely N-dealkylation sites (N-methyl/N-ethyl adjacent to an activating group) is 1. The monoisotopic (exact) mass is 306 g/mol. The van der Waals surface area contributed by atoms with Crippen LogP contribution in [0.15, 0.2) is 0 Å². The van der Waals surface area contributed by atoms with Gasteiger partial charge in [0.2, 0.25) is 11.8 Å². The van der Waals surface area contributed by atoms with Crippen molar-refractivity contribution >= 4 is 27.6 Å². The van der Waals surface area contributed by atoms with Crippen LogP contribution in [0.5, 0.6) is 0 Å². The minimum absolute atomic E-state index is 0.0368. The predicted octanol–water partition coefficient (Wildman–Crippen LogP) is -1.43. The first-order chi connectivity index (χ1) is 9.12. The Kier molecular flexibility index (Phi) is 5.09. The third-order valence-electron chi connectivity index (χ3n) is 3.17. The molecule has 114 valence electrons. The molecular formula is C11H18N2O6S. The second-order valence-electron chi connectivity index (χ2n) is 4.83. The molecule has 1 aliphatic rings. The van der Waals surface area contributed by atoms with E-state index in [4.69, 9.17) is 5.11 Å². The van der Waals surface area contributed by atoms with E-state index < -0.39 is 34.2 Å². The summed E-state index contributed by atoms with van der Waals surface area (Å²) >= 11 is 0. The maximum Gasteiger partial charge on any atom is 0.305 e. The molecule has 8 nitrogen and oxygen atoms in total. The fraction of sp³-hybridized carbons (Fsp3) is 0.727. The predicted molar refractivity (Wildman–Crippen MR) is 69.7 cm³/mol. The summed E-state index contributed by atoms with van der Waals surface area (Å²) in [6, 6.07) is -0.876. The molecule has 1 N–H and O–H groups in total. The smallest absolute Gasteiger partial charge is 0.305 e. The van der Waals surface area contributed by atoms with E-state index in [1.54, 1.807) is 0 Å². The number of nitrogens with zero attached hydrogens (tertiary/aromatic N) is 2. The molecule has 1 aliphatic heterocycles. The zero-order chi connectivity index (χ0) is 15.5. The summed E-state index contributed by atoms with van der Waals surface area (Å²) in [6.45, 7) is 1.08. The van der Waals surface area contributed by atoms with Gasteiger partial charge in [-0.1, -0.05) is 0 Å². The standard InChI is InChI=1S/C11H18N2O6S/c1-8(14)12(2)6-10(15)13-3-4-20(18,19)7-9(13)5-11(16)17/h9H,3-7H2,1-2H3,(H,16,17). The van der Waals surface area contributed by atoms with Crippen LogP contribution in [-0.2, 0) is 24.2 Å². The number of rotatable bonds is 4. The van der Waals surface area contributed by atoms with Gasteiger partial charge in [0.15, 0.2) is 9.84 Å². The number of amides is 2. The number of aliphatic carboxylic acids is 1. The molecular weight excluding hydrogens is 288 g/mol. The Bertz CT molecular complexity index is 515. The van der Waals surface area contributed by atoms with Crippen molar-refractivity contribution in [3.63, 3.8) is 0 Å². The van der Waals surface area contributed by atoms with Crippen LogP contribution in [0.4, 0.5) is 0 Å². The van der Waals surface area contributed by atoms with Gasteiger partial charge >= 0.3 is 5.97 Å². The van der Waals surface area contributed by atoms with Gasteiger partial charge in [0.1, 0.15) is 0 Å². The second-order valence-corrected chi connectivity index (χ2v) is 7.06. The zero-order valence-corrected chi connectivity index (χ0v) is 12.2. The normalized spacial score (nSPS) is 21.3. The molecule has 1 rings (SSSR count). The third-order valence-corrected chi connectivity index (χ3v) is 4.87. The molecule has 1 unspecified atom stereocenters. The van der Waals surface area contributed by atoms with Gasteiger partial charge in [0.05, 0.1) is 30.5 Å². The number of hydrogen-bond acceptors (Lipinski definition) is 5. The van der Waals surface area contributed by atoms with E-state index in [9.17, 15) is 22.8 Å². The Labute approximate surface area is 117 Å². The van der Waals surface area contributed by atoms with E-state index >= 15 is 0 Å². The highest BCUT2D eigenvalue weighted by Gasteiger charge is 2.35. The van der Waals surface area contributed by atoms with Crippen LogP contribution in [0.3, 0.4) is 0 Å². The first-order valence-electron chi connectivity index (χ1n) is 6.06. The van der Waals surface area contributed by atoms with Crippen molar-refractivity contribution in [1.29, 1.82) is 0 Å². The van der Waals surface area contributed by atoms with E-state index in [1.807, 2.05) is 0 Å². The topological polar surface area (TPSA) is 112 Å². The Morgan fingerprint density at radius 3 is 2.45 bits per heavy atom. The Balaban J connectivity index is 2.82. The molecule has 20 heavy (non-hydrogen) atoms.